The highest BCUT2D eigenvalue weighted by Crippen LogP contribution is 2.40. The third-order valence-electron chi connectivity index (χ3n) is 5.37. The Bertz CT molecular complexity index is 1420. The summed E-state index contributed by atoms with van der Waals surface area (Å²) in [7, 11) is -4.19. The Kier molecular flexibility index (Phi) is 8.28. The molecule has 0 radical (unpaired) electrons. The van der Waals surface area contributed by atoms with Gasteiger partial charge in [0.15, 0.2) is 0 Å². The molecule has 37 heavy (non-hydrogen) atoms. The lowest BCUT2D eigenvalue weighted by Gasteiger charge is -2.27. The van der Waals surface area contributed by atoms with Crippen molar-refractivity contribution in [3.8, 4) is 5.75 Å². The van der Waals surface area contributed by atoms with E-state index in [9.17, 15) is 21.6 Å². The van der Waals surface area contributed by atoms with Crippen LogP contribution >= 0.6 is 50.9 Å². The zero-order valence-electron chi connectivity index (χ0n) is 19.0. The molecule has 0 aliphatic carbocycles. The van der Waals surface area contributed by atoms with Crippen molar-refractivity contribution >= 4 is 66.6 Å². The third-order valence-corrected chi connectivity index (χ3v) is 9.01. The van der Waals surface area contributed by atoms with E-state index in [4.69, 9.17) is 27.9 Å². The smallest absolute Gasteiger partial charge is 0.419 e. The number of sulfonamides is 1. The number of hydrogen-bond donors (Lipinski definition) is 2. The lowest BCUT2D eigenvalue weighted by Crippen LogP contribution is -2.35. The fraction of sp³-hybridized carbons (Fsp3) is 0.261. The van der Waals surface area contributed by atoms with E-state index in [1.165, 1.54) is 17.8 Å². The molecule has 1 aliphatic heterocycles. The van der Waals surface area contributed by atoms with Crippen LogP contribution in [0.3, 0.4) is 0 Å². The molecule has 1 saturated heterocycles. The van der Waals surface area contributed by atoms with Crippen molar-refractivity contribution in [3.05, 3.63) is 68.7 Å². The Morgan fingerprint density at radius 2 is 1.86 bits per heavy atom. The number of rotatable bonds is 7. The molecule has 1 fully saturated rings. The normalized spacial score (nSPS) is 18.1. The molecule has 0 amide bonds. The highest BCUT2D eigenvalue weighted by molar-refractivity contribution is 9.10. The number of anilines is 1. The molecule has 1 aliphatic rings. The second-order valence-electron chi connectivity index (χ2n) is 8.46. The number of aromatic nitrogens is 1. The number of pyridine rings is 1. The average Bonchev–Trinajstić information content (AvgIpc) is 3.19. The Hall–Kier alpha value is -1.70. The summed E-state index contributed by atoms with van der Waals surface area (Å²) in [6.45, 7) is 2.67. The van der Waals surface area contributed by atoms with Gasteiger partial charge >= 0.3 is 6.18 Å². The predicted molar refractivity (Wildman–Crippen MR) is 141 cm³/mol. The Morgan fingerprint density at radius 3 is 2.46 bits per heavy atom. The number of alkyl halides is 3. The molecule has 14 heteroatoms. The van der Waals surface area contributed by atoms with Crippen LogP contribution in [0.15, 0.2) is 68.0 Å². The van der Waals surface area contributed by atoms with E-state index < -0.39 is 33.1 Å². The molecule has 0 spiro atoms. The van der Waals surface area contributed by atoms with Gasteiger partial charge in [-0.3, -0.25) is 4.72 Å². The molecule has 6 nitrogen and oxygen atoms in total. The number of nitrogens with one attached hydrogen (secondary N) is 2. The number of benzene rings is 2. The summed E-state index contributed by atoms with van der Waals surface area (Å²) in [5.74, 6) is -0.454. The first-order valence-corrected chi connectivity index (χ1v) is 14.5. The molecule has 4 rings (SSSR count). The molecule has 2 heterocycles. The molecule has 0 unspecified atom stereocenters. The van der Waals surface area contributed by atoms with Crippen LogP contribution in [0.5, 0.6) is 5.75 Å². The van der Waals surface area contributed by atoms with Gasteiger partial charge in [0.25, 0.3) is 10.0 Å². The Morgan fingerprint density at radius 1 is 1.16 bits per heavy atom. The molecule has 2 N–H and O–H groups in total. The molecule has 3 aromatic rings. The summed E-state index contributed by atoms with van der Waals surface area (Å²) >= 11 is 16.6. The SMILES string of the molecule is C[C@@]1(Oc2cc(NS(=O)(=O)c3cnc(Sc4cc(Cl)cc(Cl)c4)c(Br)c3)ccc2C(F)(F)F)CCNC1. The average molecular weight is 657 g/mol. The van der Waals surface area contributed by atoms with Gasteiger partial charge < -0.3 is 10.1 Å². The number of halogens is 6. The van der Waals surface area contributed by atoms with Gasteiger partial charge in [-0.1, -0.05) is 35.0 Å². The molecule has 1 atom stereocenters. The zero-order chi connectivity index (χ0) is 27.0. The van der Waals surface area contributed by atoms with Crippen LogP contribution in [0.4, 0.5) is 18.9 Å². The van der Waals surface area contributed by atoms with Crippen molar-refractivity contribution in [2.45, 2.75) is 39.9 Å². The van der Waals surface area contributed by atoms with Gasteiger partial charge in [-0.05, 0) is 65.8 Å². The Labute approximate surface area is 234 Å². The first kappa shape index (κ1) is 28.3. The molecule has 2 aromatic carbocycles. The van der Waals surface area contributed by atoms with Gasteiger partial charge in [-0.25, -0.2) is 13.4 Å². The van der Waals surface area contributed by atoms with Crippen LogP contribution in [0, 0.1) is 0 Å². The summed E-state index contributed by atoms with van der Waals surface area (Å²) in [6, 6.07) is 9.17. The minimum absolute atomic E-state index is 0.0827. The van der Waals surface area contributed by atoms with E-state index in [0.29, 0.717) is 43.9 Å². The minimum Gasteiger partial charge on any atom is -0.485 e. The van der Waals surface area contributed by atoms with Gasteiger partial charge in [-0.2, -0.15) is 13.2 Å². The highest BCUT2D eigenvalue weighted by atomic mass is 79.9. The third kappa shape index (κ3) is 7.04. The summed E-state index contributed by atoms with van der Waals surface area (Å²) in [5.41, 5.74) is -1.93. The summed E-state index contributed by atoms with van der Waals surface area (Å²) in [5, 5.41) is 4.39. The van der Waals surface area contributed by atoms with Crippen LogP contribution in [0.1, 0.15) is 18.9 Å². The first-order valence-electron chi connectivity index (χ1n) is 10.7. The van der Waals surface area contributed by atoms with Crippen LogP contribution in [0.25, 0.3) is 0 Å². The maximum atomic E-state index is 13.6. The van der Waals surface area contributed by atoms with Crippen molar-refractivity contribution in [2.75, 3.05) is 17.8 Å². The number of ether oxygens (including phenoxy) is 1. The van der Waals surface area contributed by atoms with Crippen molar-refractivity contribution in [3.63, 3.8) is 0 Å². The topological polar surface area (TPSA) is 80.3 Å². The van der Waals surface area contributed by atoms with E-state index in [0.717, 1.165) is 24.4 Å². The van der Waals surface area contributed by atoms with Crippen LogP contribution in [-0.2, 0) is 16.2 Å². The second kappa shape index (κ2) is 10.8. The highest BCUT2D eigenvalue weighted by Gasteiger charge is 2.38. The largest absolute Gasteiger partial charge is 0.485 e. The maximum Gasteiger partial charge on any atom is 0.419 e. The Balaban J connectivity index is 1.59. The van der Waals surface area contributed by atoms with E-state index in [1.807, 2.05) is 0 Å². The number of hydrogen-bond acceptors (Lipinski definition) is 6. The fourth-order valence-corrected chi connectivity index (χ4v) is 6.87. The van der Waals surface area contributed by atoms with Crippen molar-refractivity contribution < 1.29 is 26.3 Å². The summed E-state index contributed by atoms with van der Waals surface area (Å²) in [4.78, 5) is 4.72. The van der Waals surface area contributed by atoms with Crippen molar-refractivity contribution in [2.24, 2.45) is 0 Å². The molecular weight excluding hydrogens is 638 g/mol. The molecular formula is C23H19BrCl2F3N3O3S2. The van der Waals surface area contributed by atoms with E-state index in [1.54, 1.807) is 25.1 Å². The van der Waals surface area contributed by atoms with Gasteiger partial charge in [0.2, 0.25) is 0 Å². The number of nitrogens with zero attached hydrogens (tertiary/aromatic N) is 1. The lowest BCUT2D eigenvalue weighted by atomic mass is 10.1. The maximum absolute atomic E-state index is 13.6. The van der Waals surface area contributed by atoms with Gasteiger partial charge in [-0.15, -0.1) is 0 Å². The van der Waals surface area contributed by atoms with Crippen LogP contribution in [0.2, 0.25) is 10.0 Å². The predicted octanol–water partition coefficient (Wildman–Crippen LogP) is 7.25. The standard InChI is InChI=1S/C23H19BrCl2F3N3O3S2/c1-22(4-5-30-12-22)35-20-9-15(2-3-18(20)23(27,28)29)32-37(33,34)17-10-19(24)21(31-11-17)36-16-7-13(25)6-14(26)8-16/h2-3,6-11,30,32H,4-5,12H2,1H3/t22-/m1/s1. The van der Waals surface area contributed by atoms with Gasteiger partial charge in [0.05, 0.1) is 15.7 Å². The lowest BCUT2D eigenvalue weighted by molar-refractivity contribution is -0.139. The van der Waals surface area contributed by atoms with Gasteiger partial charge in [0, 0.05) is 40.2 Å². The van der Waals surface area contributed by atoms with E-state index in [2.05, 4.69) is 31.0 Å². The molecule has 1 aromatic heterocycles. The molecule has 198 valence electrons. The quantitative estimate of drug-likeness (QED) is 0.279. The van der Waals surface area contributed by atoms with E-state index >= 15 is 0 Å². The van der Waals surface area contributed by atoms with Crippen LogP contribution < -0.4 is 14.8 Å². The van der Waals surface area contributed by atoms with Crippen LogP contribution in [-0.4, -0.2) is 32.1 Å². The fourth-order valence-electron chi connectivity index (χ4n) is 3.59. The van der Waals surface area contributed by atoms with E-state index in [-0.39, 0.29) is 10.6 Å². The van der Waals surface area contributed by atoms with Crippen molar-refractivity contribution in [1.29, 1.82) is 0 Å². The summed E-state index contributed by atoms with van der Waals surface area (Å²) in [6.07, 6.45) is -3.02. The molecule has 0 bridgehead atoms. The monoisotopic (exact) mass is 655 g/mol. The minimum atomic E-state index is -4.68. The summed E-state index contributed by atoms with van der Waals surface area (Å²) < 4.78 is 75.3. The van der Waals surface area contributed by atoms with Crippen molar-refractivity contribution in [1.82, 2.24) is 10.3 Å². The molecule has 0 saturated carbocycles. The zero-order valence-corrected chi connectivity index (χ0v) is 23.7. The first-order chi connectivity index (χ1) is 17.2. The second-order valence-corrected chi connectivity index (χ2v) is 12.9. The van der Waals surface area contributed by atoms with Gasteiger partial charge in [0.1, 0.15) is 21.3 Å².